The molecule has 0 fully saturated rings. The molecule has 0 spiro atoms. The summed E-state index contributed by atoms with van der Waals surface area (Å²) in [4.78, 5) is 15.5. The van der Waals surface area contributed by atoms with Crippen molar-refractivity contribution in [1.29, 1.82) is 0 Å². The minimum Gasteiger partial charge on any atom is -0.371 e. The minimum atomic E-state index is 0.677. The van der Waals surface area contributed by atoms with E-state index in [1.165, 1.54) is 11.4 Å². The Kier molecular flexibility index (Phi) is 3.49. The molecule has 1 aliphatic rings. The topological polar surface area (TPSA) is 23.6 Å². The van der Waals surface area contributed by atoms with Gasteiger partial charge in [-0.05, 0) is 46.3 Å². The second-order valence-electron chi connectivity index (χ2n) is 4.89. The van der Waals surface area contributed by atoms with Gasteiger partial charge in [0.05, 0.1) is 11.4 Å². The predicted octanol–water partition coefficient (Wildman–Crippen LogP) is 3.85. The van der Waals surface area contributed by atoms with Crippen LogP contribution in [-0.2, 0) is 0 Å². The van der Waals surface area contributed by atoms with Gasteiger partial charge in [0.1, 0.15) is 0 Å². The first-order valence-electron chi connectivity index (χ1n) is 6.53. The fourth-order valence-corrected chi connectivity index (χ4v) is 3.01. The summed E-state index contributed by atoms with van der Waals surface area (Å²) in [6.07, 6.45) is 0.867. The van der Waals surface area contributed by atoms with Crippen molar-refractivity contribution in [2.45, 2.75) is 0 Å². The highest BCUT2D eigenvalue weighted by Gasteiger charge is 2.21. The Morgan fingerprint density at radius 3 is 2.55 bits per heavy atom. The van der Waals surface area contributed by atoms with Gasteiger partial charge in [-0.15, -0.1) is 0 Å². The molecular formula is C16H15BrN2O. The zero-order valence-electron chi connectivity index (χ0n) is 11.2. The molecule has 1 aliphatic heterocycles. The highest BCUT2D eigenvalue weighted by atomic mass is 79.9. The number of nitrogens with zero attached hydrogens (tertiary/aromatic N) is 2. The molecule has 0 saturated carbocycles. The summed E-state index contributed by atoms with van der Waals surface area (Å²) in [5, 5.41) is 0. The number of para-hydroxylation sites is 2. The Bertz CT molecular complexity index is 657. The Morgan fingerprint density at radius 1 is 1.10 bits per heavy atom. The Labute approximate surface area is 126 Å². The van der Waals surface area contributed by atoms with Gasteiger partial charge in [0.2, 0.25) is 0 Å². The van der Waals surface area contributed by atoms with Crippen molar-refractivity contribution >= 4 is 39.3 Å². The highest BCUT2D eigenvalue weighted by Crippen LogP contribution is 2.37. The number of anilines is 3. The number of halogens is 1. The average molecular weight is 331 g/mol. The number of carbonyl (C=O) groups excluding carboxylic acids is 1. The molecule has 0 atom stereocenters. The zero-order chi connectivity index (χ0) is 14.1. The molecule has 0 saturated heterocycles. The van der Waals surface area contributed by atoms with Gasteiger partial charge in [-0.3, -0.25) is 4.79 Å². The van der Waals surface area contributed by atoms with Crippen molar-refractivity contribution in [2.24, 2.45) is 0 Å². The maximum atomic E-state index is 10.9. The van der Waals surface area contributed by atoms with E-state index in [1.807, 2.05) is 18.2 Å². The first-order chi connectivity index (χ1) is 9.70. The smallest absolute Gasteiger partial charge is 0.151 e. The molecule has 3 rings (SSSR count). The molecule has 0 unspecified atom stereocenters. The summed E-state index contributed by atoms with van der Waals surface area (Å²) in [5.41, 5.74) is 4.21. The van der Waals surface area contributed by atoms with E-state index in [2.05, 4.69) is 57.0 Å². The van der Waals surface area contributed by atoms with Crippen molar-refractivity contribution in [3.8, 4) is 0 Å². The van der Waals surface area contributed by atoms with Crippen LogP contribution in [0.4, 0.5) is 17.1 Å². The molecule has 0 aliphatic carbocycles. The van der Waals surface area contributed by atoms with Crippen LogP contribution in [0.3, 0.4) is 0 Å². The number of aldehydes is 1. The van der Waals surface area contributed by atoms with Crippen molar-refractivity contribution in [2.75, 3.05) is 29.9 Å². The van der Waals surface area contributed by atoms with E-state index in [1.54, 1.807) is 0 Å². The van der Waals surface area contributed by atoms with Gasteiger partial charge in [0.15, 0.2) is 6.29 Å². The summed E-state index contributed by atoms with van der Waals surface area (Å²) in [5.74, 6) is 0. The minimum absolute atomic E-state index is 0.677. The molecule has 0 bridgehead atoms. The molecule has 102 valence electrons. The molecule has 2 aromatic carbocycles. The molecule has 4 heteroatoms. The SMILES string of the molecule is CN1CCN(c2ccc(C=O)c(Br)c2)c2ccccc21. The first-order valence-corrected chi connectivity index (χ1v) is 7.32. The number of rotatable bonds is 2. The van der Waals surface area contributed by atoms with Crippen LogP contribution in [0.5, 0.6) is 0 Å². The lowest BCUT2D eigenvalue weighted by Gasteiger charge is -2.37. The van der Waals surface area contributed by atoms with Gasteiger partial charge in [0, 0.05) is 35.9 Å². The van der Waals surface area contributed by atoms with Crippen LogP contribution < -0.4 is 9.80 Å². The van der Waals surface area contributed by atoms with E-state index < -0.39 is 0 Å². The van der Waals surface area contributed by atoms with Crippen LogP contribution in [0, 0.1) is 0 Å². The van der Waals surface area contributed by atoms with E-state index >= 15 is 0 Å². The third-order valence-electron chi connectivity index (χ3n) is 3.67. The second-order valence-corrected chi connectivity index (χ2v) is 5.74. The van der Waals surface area contributed by atoms with Crippen LogP contribution in [0.1, 0.15) is 10.4 Å². The van der Waals surface area contributed by atoms with Crippen molar-refractivity contribution in [3.63, 3.8) is 0 Å². The van der Waals surface area contributed by atoms with E-state index in [4.69, 9.17) is 0 Å². The predicted molar refractivity (Wildman–Crippen MR) is 86.2 cm³/mol. The molecule has 0 radical (unpaired) electrons. The van der Waals surface area contributed by atoms with Crippen LogP contribution in [0.25, 0.3) is 0 Å². The number of carbonyl (C=O) groups is 1. The summed E-state index contributed by atoms with van der Waals surface area (Å²) in [6, 6.07) is 14.2. The summed E-state index contributed by atoms with van der Waals surface area (Å²) >= 11 is 3.46. The first kappa shape index (κ1) is 13.2. The van der Waals surface area contributed by atoms with Gasteiger partial charge in [0.25, 0.3) is 0 Å². The van der Waals surface area contributed by atoms with Gasteiger partial charge in [-0.2, -0.15) is 0 Å². The van der Waals surface area contributed by atoms with Crippen LogP contribution in [0.2, 0.25) is 0 Å². The zero-order valence-corrected chi connectivity index (χ0v) is 12.8. The number of benzene rings is 2. The van der Waals surface area contributed by atoms with E-state index in [0.717, 1.165) is 29.5 Å². The number of likely N-dealkylation sites (N-methyl/N-ethyl adjacent to an activating group) is 1. The normalized spacial score (nSPS) is 14.1. The lowest BCUT2D eigenvalue weighted by Crippen LogP contribution is -2.36. The summed E-state index contributed by atoms with van der Waals surface area (Å²) in [7, 11) is 2.11. The Balaban J connectivity index is 2.05. The second kappa shape index (κ2) is 5.29. The monoisotopic (exact) mass is 330 g/mol. The summed E-state index contributed by atoms with van der Waals surface area (Å²) < 4.78 is 0.835. The quantitative estimate of drug-likeness (QED) is 0.781. The third-order valence-corrected chi connectivity index (χ3v) is 4.35. The van der Waals surface area contributed by atoms with Crippen LogP contribution >= 0.6 is 15.9 Å². The maximum absolute atomic E-state index is 10.9. The van der Waals surface area contributed by atoms with Gasteiger partial charge < -0.3 is 9.80 Å². The molecule has 0 aromatic heterocycles. The average Bonchev–Trinajstić information content (AvgIpc) is 2.48. The number of hydrogen-bond donors (Lipinski definition) is 0. The fraction of sp³-hybridized carbons (Fsp3) is 0.188. The molecule has 3 nitrogen and oxygen atoms in total. The maximum Gasteiger partial charge on any atom is 0.151 e. The number of hydrogen-bond acceptors (Lipinski definition) is 3. The standard InChI is InChI=1S/C16H15BrN2O/c1-18-8-9-19(16-5-3-2-4-15(16)18)13-7-6-12(11-20)14(17)10-13/h2-7,10-11H,8-9H2,1H3. The van der Waals surface area contributed by atoms with Crippen LogP contribution in [0.15, 0.2) is 46.9 Å². The van der Waals surface area contributed by atoms with E-state index in [-0.39, 0.29) is 0 Å². The van der Waals surface area contributed by atoms with Crippen molar-refractivity contribution in [3.05, 3.63) is 52.5 Å². The molecule has 1 heterocycles. The van der Waals surface area contributed by atoms with Crippen molar-refractivity contribution in [1.82, 2.24) is 0 Å². The molecule has 2 aromatic rings. The fourth-order valence-electron chi connectivity index (χ4n) is 2.55. The van der Waals surface area contributed by atoms with Crippen LogP contribution in [-0.4, -0.2) is 26.4 Å². The van der Waals surface area contributed by atoms with Gasteiger partial charge in [-0.25, -0.2) is 0 Å². The number of fused-ring (bicyclic) bond motifs is 1. The molecule has 0 N–H and O–H groups in total. The van der Waals surface area contributed by atoms with E-state index in [9.17, 15) is 4.79 Å². The van der Waals surface area contributed by atoms with E-state index in [0.29, 0.717) is 5.56 Å². The lowest BCUT2D eigenvalue weighted by molar-refractivity contribution is 0.112. The largest absolute Gasteiger partial charge is 0.371 e. The molecule has 0 amide bonds. The molecular weight excluding hydrogens is 316 g/mol. The third kappa shape index (κ3) is 2.20. The summed E-state index contributed by atoms with van der Waals surface area (Å²) in [6.45, 7) is 1.91. The highest BCUT2D eigenvalue weighted by molar-refractivity contribution is 9.10. The van der Waals surface area contributed by atoms with Gasteiger partial charge >= 0.3 is 0 Å². The Hall–Kier alpha value is -1.81. The lowest BCUT2D eigenvalue weighted by atomic mass is 10.1. The molecule has 20 heavy (non-hydrogen) atoms. The van der Waals surface area contributed by atoms with Gasteiger partial charge in [-0.1, -0.05) is 12.1 Å². The van der Waals surface area contributed by atoms with Crippen molar-refractivity contribution < 1.29 is 4.79 Å². The Morgan fingerprint density at radius 2 is 1.85 bits per heavy atom.